The molecule has 0 unspecified atom stereocenters. The lowest BCUT2D eigenvalue weighted by Gasteiger charge is -1.98. The highest BCUT2D eigenvalue weighted by Crippen LogP contribution is 2.10. The molecule has 0 aliphatic heterocycles. The molecule has 0 radical (unpaired) electrons. The summed E-state index contributed by atoms with van der Waals surface area (Å²) < 4.78 is 4.57. The summed E-state index contributed by atoms with van der Waals surface area (Å²) >= 11 is 1.57. The van der Waals surface area contributed by atoms with Crippen molar-refractivity contribution in [3.63, 3.8) is 0 Å². The number of rotatable bonds is 6. The highest BCUT2D eigenvalue weighted by molar-refractivity contribution is 7.09. The van der Waals surface area contributed by atoms with Gasteiger partial charge in [-0.25, -0.2) is 4.98 Å². The minimum Gasteiger partial charge on any atom is -0.469 e. The number of carbonyl (C=O) groups excluding carboxylic acids is 1. The molecule has 1 aromatic rings. The Bertz CT molecular complexity index is 312. The molecule has 0 spiro atoms. The number of aromatic nitrogens is 1. The maximum absolute atomic E-state index is 11.0. The average molecular weight is 228 g/mol. The Labute approximate surface area is 93.7 Å². The second-order valence-electron chi connectivity index (χ2n) is 3.16. The number of esters is 1. The van der Waals surface area contributed by atoms with Crippen molar-refractivity contribution in [2.75, 3.05) is 13.7 Å². The van der Waals surface area contributed by atoms with Crippen LogP contribution in [0.4, 0.5) is 0 Å². The Morgan fingerprint density at radius 3 is 3.13 bits per heavy atom. The van der Waals surface area contributed by atoms with E-state index in [1.807, 2.05) is 5.38 Å². The van der Waals surface area contributed by atoms with Gasteiger partial charge in [0, 0.05) is 11.9 Å². The molecule has 5 heteroatoms. The third kappa shape index (κ3) is 4.40. The first-order valence-electron chi connectivity index (χ1n) is 4.97. The van der Waals surface area contributed by atoms with Crippen molar-refractivity contribution >= 4 is 17.3 Å². The Hall–Kier alpha value is -0.940. The van der Waals surface area contributed by atoms with Gasteiger partial charge in [-0.3, -0.25) is 4.79 Å². The van der Waals surface area contributed by atoms with E-state index in [1.165, 1.54) is 7.11 Å². The van der Waals surface area contributed by atoms with E-state index in [4.69, 9.17) is 0 Å². The second-order valence-corrected chi connectivity index (χ2v) is 4.10. The molecule has 0 aromatic carbocycles. The number of hydrogen-bond donors (Lipinski definition) is 1. The Morgan fingerprint density at radius 1 is 1.67 bits per heavy atom. The maximum Gasteiger partial charge on any atom is 0.311 e. The lowest BCUT2D eigenvalue weighted by Crippen LogP contribution is -2.13. The Kier molecular flexibility index (Phi) is 5.28. The van der Waals surface area contributed by atoms with Gasteiger partial charge in [0.25, 0.3) is 0 Å². The van der Waals surface area contributed by atoms with Crippen LogP contribution in [0.15, 0.2) is 5.38 Å². The zero-order valence-corrected chi connectivity index (χ0v) is 9.89. The summed E-state index contributed by atoms with van der Waals surface area (Å²) in [6.07, 6.45) is 1.38. The number of thiazole rings is 1. The SMILES string of the molecule is CCCNCc1nc(CC(=O)OC)cs1. The zero-order valence-electron chi connectivity index (χ0n) is 9.08. The molecule has 0 aliphatic rings. The first kappa shape index (κ1) is 12.1. The van der Waals surface area contributed by atoms with Gasteiger partial charge in [0.05, 0.1) is 19.2 Å². The number of nitrogens with one attached hydrogen (secondary N) is 1. The van der Waals surface area contributed by atoms with Gasteiger partial charge in [0.1, 0.15) is 5.01 Å². The molecule has 0 saturated heterocycles. The van der Waals surface area contributed by atoms with Gasteiger partial charge in [-0.2, -0.15) is 0 Å². The number of methoxy groups -OCH3 is 1. The summed E-state index contributed by atoms with van der Waals surface area (Å²) in [5.74, 6) is -0.242. The summed E-state index contributed by atoms with van der Waals surface area (Å²) in [7, 11) is 1.39. The van der Waals surface area contributed by atoms with Crippen LogP contribution >= 0.6 is 11.3 Å². The van der Waals surface area contributed by atoms with Crippen LogP contribution < -0.4 is 5.32 Å². The van der Waals surface area contributed by atoms with Crippen molar-refractivity contribution in [2.24, 2.45) is 0 Å². The predicted molar refractivity (Wildman–Crippen MR) is 59.8 cm³/mol. The summed E-state index contributed by atoms with van der Waals surface area (Å²) in [4.78, 5) is 15.3. The molecule has 0 fully saturated rings. The molecule has 15 heavy (non-hydrogen) atoms. The third-order valence-corrected chi connectivity index (χ3v) is 2.75. The van der Waals surface area contributed by atoms with Crippen molar-refractivity contribution in [3.05, 3.63) is 16.1 Å². The van der Waals surface area contributed by atoms with Gasteiger partial charge >= 0.3 is 5.97 Å². The van der Waals surface area contributed by atoms with Crippen molar-refractivity contribution < 1.29 is 9.53 Å². The first-order valence-corrected chi connectivity index (χ1v) is 5.85. The van der Waals surface area contributed by atoms with E-state index in [0.717, 1.165) is 30.2 Å². The summed E-state index contributed by atoms with van der Waals surface area (Å²) in [6.45, 7) is 3.89. The van der Waals surface area contributed by atoms with Gasteiger partial charge in [-0.1, -0.05) is 6.92 Å². The number of ether oxygens (including phenoxy) is 1. The monoisotopic (exact) mass is 228 g/mol. The van der Waals surface area contributed by atoms with E-state index in [0.29, 0.717) is 0 Å². The van der Waals surface area contributed by atoms with Crippen LogP contribution in [0.25, 0.3) is 0 Å². The second kappa shape index (κ2) is 6.53. The van der Waals surface area contributed by atoms with Gasteiger partial charge in [0.15, 0.2) is 0 Å². The lowest BCUT2D eigenvalue weighted by atomic mass is 10.3. The molecule has 1 rings (SSSR count). The predicted octanol–water partition coefficient (Wildman–Crippen LogP) is 1.36. The molecule has 0 bridgehead atoms. The van der Waals surface area contributed by atoms with Crippen molar-refractivity contribution in [3.8, 4) is 0 Å². The average Bonchev–Trinajstić information content (AvgIpc) is 2.66. The first-order chi connectivity index (χ1) is 7.26. The van der Waals surface area contributed by atoms with E-state index < -0.39 is 0 Å². The lowest BCUT2D eigenvalue weighted by molar-refractivity contribution is -0.139. The van der Waals surface area contributed by atoms with E-state index in [1.54, 1.807) is 11.3 Å². The summed E-state index contributed by atoms with van der Waals surface area (Å²) in [6, 6.07) is 0. The molecule has 84 valence electrons. The Morgan fingerprint density at radius 2 is 2.47 bits per heavy atom. The molecule has 4 nitrogen and oxygen atoms in total. The Balaban J connectivity index is 2.38. The van der Waals surface area contributed by atoms with Crippen LogP contribution in [0.1, 0.15) is 24.0 Å². The minimum absolute atomic E-state index is 0.242. The van der Waals surface area contributed by atoms with Crippen molar-refractivity contribution in [2.45, 2.75) is 26.3 Å². The quantitative estimate of drug-likeness (QED) is 0.590. The minimum atomic E-state index is -0.242. The molecule has 1 N–H and O–H groups in total. The molecule has 0 aliphatic carbocycles. The van der Waals surface area contributed by atoms with Crippen LogP contribution in [-0.2, 0) is 22.5 Å². The van der Waals surface area contributed by atoms with Crippen molar-refractivity contribution in [1.29, 1.82) is 0 Å². The van der Waals surface area contributed by atoms with Crippen LogP contribution in [0, 0.1) is 0 Å². The third-order valence-electron chi connectivity index (χ3n) is 1.86. The van der Waals surface area contributed by atoms with Gasteiger partial charge in [-0.05, 0) is 13.0 Å². The fourth-order valence-corrected chi connectivity index (χ4v) is 1.87. The molecule has 0 saturated carbocycles. The molecule has 1 heterocycles. The van der Waals surface area contributed by atoms with Crippen LogP contribution in [0.2, 0.25) is 0 Å². The maximum atomic E-state index is 11.0. The topological polar surface area (TPSA) is 51.2 Å². The van der Waals surface area contributed by atoms with Crippen LogP contribution in [-0.4, -0.2) is 24.6 Å². The molecule has 0 atom stereocenters. The molecular weight excluding hydrogens is 212 g/mol. The van der Waals surface area contributed by atoms with Gasteiger partial charge < -0.3 is 10.1 Å². The van der Waals surface area contributed by atoms with E-state index in [-0.39, 0.29) is 12.4 Å². The standard InChI is InChI=1S/C10H16N2O2S/c1-3-4-11-6-9-12-8(7-15-9)5-10(13)14-2/h7,11H,3-6H2,1-2H3. The fourth-order valence-electron chi connectivity index (χ4n) is 1.10. The van der Waals surface area contributed by atoms with E-state index in [2.05, 4.69) is 22.0 Å². The smallest absolute Gasteiger partial charge is 0.311 e. The number of nitrogens with zero attached hydrogens (tertiary/aromatic N) is 1. The van der Waals surface area contributed by atoms with Crippen LogP contribution in [0.5, 0.6) is 0 Å². The largest absolute Gasteiger partial charge is 0.469 e. The highest BCUT2D eigenvalue weighted by atomic mass is 32.1. The molecular formula is C10H16N2O2S. The molecule has 1 aromatic heterocycles. The van der Waals surface area contributed by atoms with Crippen molar-refractivity contribution in [1.82, 2.24) is 10.3 Å². The number of hydrogen-bond acceptors (Lipinski definition) is 5. The normalized spacial score (nSPS) is 10.3. The molecule has 0 amide bonds. The summed E-state index contributed by atoms with van der Waals surface area (Å²) in [5.41, 5.74) is 0.792. The summed E-state index contributed by atoms with van der Waals surface area (Å²) in [5, 5.41) is 6.18. The fraction of sp³-hybridized carbons (Fsp3) is 0.600. The van der Waals surface area contributed by atoms with Gasteiger partial charge in [-0.15, -0.1) is 11.3 Å². The van der Waals surface area contributed by atoms with E-state index >= 15 is 0 Å². The van der Waals surface area contributed by atoms with Gasteiger partial charge in [0.2, 0.25) is 0 Å². The van der Waals surface area contributed by atoms with E-state index in [9.17, 15) is 4.79 Å². The zero-order chi connectivity index (χ0) is 11.1. The number of carbonyl (C=O) groups is 1. The van der Waals surface area contributed by atoms with Crippen LogP contribution in [0.3, 0.4) is 0 Å². The highest BCUT2D eigenvalue weighted by Gasteiger charge is 2.06.